The number of aromatic hydroxyl groups is 1. The van der Waals surface area contributed by atoms with E-state index in [4.69, 9.17) is 0 Å². The topological polar surface area (TPSA) is 84.2 Å². The average molecular weight is 389 g/mol. The number of hydrogen-bond acceptors (Lipinski definition) is 4. The van der Waals surface area contributed by atoms with E-state index in [9.17, 15) is 27.9 Å². The maximum atomic E-state index is 13.3. The third-order valence-electron chi connectivity index (χ3n) is 3.91. The number of para-hydroxylation sites is 3. The minimum absolute atomic E-state index is 0.0384. The van der Waals surface area contributed by atoms with Gasteiger partial charge in [0.2, 0.25) is 5.43 Å². The van der Waals surface area contributed by atoms with Gasteiger partial charge in [0, 0.05) is 11.8 Å². The monoisotopic (exact) mass is 389 g/mol. The molecule has 1 heterocycles. The van der Waals surface area contributed by atoms with E-state index in [0.29, 0.717) is 0 Å². The van der Waals surface area contributed by atoms with E-state index in [2.05, 4.69) is 10.4 Å². The van der Waals surface area contributed by atoms with E-state index in [1.54, 1.807) is 6.07 Å². The van der Waals surface area contributed by atoms with Crippen LogP contribution in [-0.2, 0) is 6.18 Å². The molecule has 0 spiro atoms. The molecule has 0 aliphatic carbocycles. The number of aryl methyl sites for hydroxylation is 1. The van der Waals surface area contributed by atoms with Crippen LogP contribution in [-0.4, -0.2) is 20.8 Å². The van der Waals surface area contributed by atoms with Gasteiger partial charge in [0.05, 0.1) is 16.9 Å². The fraction of sp³-hybridized carbons (Fsp3) is 0.105. The molecule has 3 aromatic rings. The Labute approximate surface area is 156 Å². The van der Waals surface area contributed by atoms with Gasteiger partial charge in [0.25, 0.3) is 5.91 Å². The largest absolute Gasteiger partial charge is 0.506 e. The third kappa shape index (κ3) is 3.73. The second-order valence-electron chi connectivity index (χ2n) is 5.90. The number of anilines is 1. The first-order valence-electron chi connectivity index (χ1n) is 8.05. The molecule has 2 N–H and O–H groups in total. The van der Waals surface area contributed by atoms with Gasteiger partial charge in [-0.05, 0) is 31.2 Å². The minimum Gasteiger partial charge on any atom is -0.506 e. The first kappa shape index (κ1) is 19.2. The van der Waals surface area contributed by atoms with Crippen molar-refractivity contribution in [2.75, 3.05) is 5.32 Å². The van der Waals surface area contributed by atoms with Crippen molar-refractivity contribution < 1.29 is 23.1 Å². The predicted octanol–water partition coefficient (Wildman–Crippen LogP) is 3.52. The predicted molar refractivity (Wildman–Crippen MR) is 95.6 cm³/mol. The van der Waals surface area contributed by atoms with Crippen LogP contribution in [0.3, 0.4) is 0 Å². The summed E-state index contributed by atoms with van der Waals surface area (Å²) in [6.45, 7) is 1.41. The molecule has 0 aliphatic heterocycles. The summed E-state index contributed by atoms with van der Waals surface area (Å²) in [7, 11) is 0. The number of carbonyl (C=O) groups excluding carboxylic acids is 1. The summed E-state index contributed by atoms with van der Waals surface area (Å²) in [5.74, 6) is -1.18. The Kier molecular flexibility index (Phi) is 4.91. The second-order valence-corrected chi connectivity index (χ2v) is 5.90. The summed E-state index contributed by atoms with van der Waals surface area (Å²) in [5, 5.41) is 15.9. The molecule has 1 aromatic heterocycles. The normalized spacial score (nSPS) is 11.3. The quantitative estimate of drug-likeness (QED) is 0.672. The fourth-order valence-electron chi connectivity index (χ4n) is 2.61. The molecule has 2 aromatic carbocycles. The lowest BCUT2D eigenvalue weighted by molar-refractivity contribution is -0.137. The number of benzene rings is 2. The van der Waals surface area contributed by atoms with Gasteiger partial charge in [-0.1, -0.05) is 24.3 Å². The van der Waals surface area contributed by atoms with E-state index in [1.807, 2.05) is 0 Å². The number of hydrogen-bond donors (Lipinski definition) is 2. The molecule has 0 radical (unpaired) electrons. The molecule has 0 fully saturated rings. The first-order valence-corrected chi connectivity index (χ1v) is 8.05. The maximum Gasteiger partial charge on any atom is 0.418 e. The Bertz CT molecular complexity index is 1110. The Morgan fingerprint density at radius 2 is 1.75 bits per heavy atom. The van der Waals surface area contributed by atoms with Crippen LogP contribution < -0.4 is 10.7 Å². The van der Waals surface area contributed by atoms with Gasteiger partial charge in [0.1, 0.15) is 5.75 Å². The summed E-state index contributed by atoms with van der Waals surface area (Å²) < 4.78 is 40.9. The van der Waals surface area contributed by atoms with Gasteiger partial charge in [-0.15, -0.1) is 0 Å². The average Bonchev–Trinajstić information content (AvgIpc) is 2.63. The zero-order chi connectivity index (χ0) is 20.5. The molecule has 0 atom stereocenters. The zero-order valence-corrected chi connectivity index (χ0v) is 14.5. The summed E-state index contributed by atoms with van der Waals surface area (Å²) >= 11 is 0. The molecule has 0 unspecified atom stereocenters. The number of carbonyl (C=O) groups is 1. The number of amides is 1. The fourth-order valence-corrected chi connectivity index (χ4v) is 2.61. The number of alkyl halides is 3. The van der Waals surface area contributed by atoms with Gasteiger partial charge >= 0.3 is 6.18 Å². The lowest BCUT2D eigenvalue weighted by atomic mass is 10.1. The van der Waals surface area contributed by atoms with Crippen LogP contribution in [0, 0.1) is 6.92 Å². The van der Waals surface area contributed by atoms with Crippen LogP contribution in [0.25, 0.3) is 5.69 Å². The van der Waals surface area contributed by atoms with Crippen molar-refractivity contribution in [3.63, 3.8) is 0 Å². The summed E-state index contributed by atoms with van der Waals surface area (Å²) in [6.07, 6.45) is -4.65. The van der Waals surface area contributed by atoms with Gasteiger partial charge in [-0.3, -0.25) is 9.59 Å². The smallest absolute Gasteiger partial charge is 0.418 e. The van der Waals surface area contributed by atoms with E-state index in [-0.39, 0.29) is 22.8 Å². The first-order chi connectivity index (χ1) is 13.2. The van der Waals surface area contributed by atoms with Crippen LogP contribution in [0.5, 0.6) is 5.75 Å². The highest BCUT2D eigenvalue weighted by Gasteiger charge is 2.34. The lowest BCUT2D eigenvalue weighted by Crippen LogP contribution is -2.27. The second kappa shape index (κ2) is 7.18. The van der Waals surface area contributed by atoms with E-state index >= 15 is 0 Å². The number of rotatable bonds is 3. The number of nitrogens with one attached hydrogen (secondary N) is 1. The van der Waals surface area contributed by atoms with Gasteiger partial charge in [-0.25, -0.2) is 4.68 Å². The molecule has 0 aliphatic rings. The number of phenols is 1. The van der Waals surface area contributed by atoms with Gasteiger partial charge in [0.15, 0.2) is 5.69 Å². The van der Waals surface area contributed by atoms with Crippen molar-refractivity contribution in [1.29, 1.82) is 0 Å². The van der Waals surface area contributed by atoms with Crippen molar-refractivity contribution in [3.05, 3.63) is 81.8 Å². The lowest BCUT2D eigenvalue weighted by Gasteiger charge is -2.16. The van der Waals surface area contributed by atoms with Gasteiger partial charge < -0.3 is 10.4 Å². The number of aromatic nitrogens is 2. The molecular weight excluding hydrogens is 375 g/mol. The third-order valence-corrected chi connectivity index (χ3v) is 3.91. The SMILES string of the molecule is Cc1cc(=O)c(C(=O)Nc2ccccc2O)nn1-c1ccccc1C(F)(F)F. The molecule has 3 rings (SSSR count). The van der Waals surface area contributed by atoms with Gasteiger partial charge in [-0.2, -0.15) is 18.3 Å². The van der Waals surface area contributed by atoms with E-state index in [1.165, 1.54) is 43.3 Å². The van der Waals surface area contributed by atoms with E-state index in [0.717, 1.165) is 16.8 Å². The Balaban J connectivity index is 2.09. The maximum absolute atomic E-state index is 13.3. The molecule has 144 valence electrons. The highest BCUT2D eigenvalue weighted by molar-refractivity contribution is 6.03. The zero-order valence-electron chi connectivity index (χ0n) is 14.5. The molecule has 0 saturated carbocycles. The van der Waals surface area contributed by atoms with Crippen molar-refractivity contribution in [1.82, 2.24) is 9.78 Å². The molecule has 0 saturated heterocycles. The number of phenolic OH excluding ortho intramolecular Hbond substituents is 1. The minimum atomic E-state index is -4.65. The van der Waals surface area contributed by atoms with Crippen molar-refractivity contribution in [3.8, 4) is 11.4 Å². The standard InChI is InChI=1S/C19H14F3N3O3/c1-11-10-16(27)17(18(28)23-13-7-3-5-9-15(13)26)24-25(11)14-8-4-2-6-12(14)19(20,21)22/h2-10,26H,1H3,(H,23,28). The molecule has 28 heavy (non-hydrogen) atoms. The van der Waals surface area contributed by atoms with Crippen LogP contribution in [0.2, 0.25) is 0 Å². The van der Waals surface area contributed by atoms with Crippen molar-refractivity contribution in [2.45, 2.75) is 13.1 Å². The number of nitrogens with zero attached hydrogens (tertiary/aromatic N) is 2. The Morgan fingerprint density at radius 3 is 2.43 bits per heavy atom. The van der Waals surface area contributed by atoms with Crippen molar-refractivity contribution >= 4 is 11.6 Å². The van der Waals surface area contributed by atoms with E-state index < -0.39 is 28.8 Å². The van der Waals surface area contributed by atoms with Crippen LogP contribution in [0.1, 0.15) is 21.7 Å². The summed E-state index contributed by atoms with van der Waals surface area (Å²) in [5.41, 5.74) is -2.47. The van der Waals surface area contributed by atoms with Crippen molar-refractivity contribution in [2.24, 2.45) is 0 Å². The molecule has 9 heteroatoms. The van der Waals surface area contributed by atoms with Crippen LogP contribution >= 0.6 is 0 Å². The highest BCUT2D eigenvalue weighted by atomic mass is 19.4. The Hall–Kier alpha value is -3.62. The van der Waals surface area contributed by atoms with Crippen LogP contribution in [0.4, 0.5) is 18.9 Å². The molecule has 1 amide bonds. The molecular formula is C19H14F3N3O3. The summed E-state index contributed by atoms with van der Waals surface area (Å²) in [4.78, 5) is 24.6. The highest BCUT2D eigenvalue weighted by Crippen LogP contribution is 2.33. The molecule has 0 bridgehead atoms. The molecule has 6 nitrogen and oxygen atoms in total. The van der Waals surface area contributed by atoms with Crippen LogP contribution in [0.15, 0.2) is 59.4 Å². The summed E-state index contributed by atoms with van der Waals surface area (Å²) in [6, 6.07) is 11.6. The Morgan fingerprint density at radius 1 is 1.11 bits per heavy atom. The number of halogens is 3.